The zero-order valence-corrected chi connectivity index (χ0v) is 20.8. The van der Waals surface area contributed by atoms with E-state index in [0.717, 1.165) is 25.2 Å². The molecule has 2 saturated heterocycles. The fraction of sp³-hybridized carbons (Fsp3) is 0.500. The SMILES string of the molecule is O=C(NCc1ccc(CN2CCCCC2)cc1)C1CCCN1S(=O)(=O)c1ccc2c(c1)OCCO2. The van der Waals surface area contributed by atoms with Crippen LogP contribution in [-0.4, -0.2) is 62.4 Å². The molecule has 0 saturated carbocycles. The van der Waals surface area contributed by atoms with Crippen LogP contribution in [0, 0.1) is 0 Å². The molecular weight excluding hydrogens is 466 g/mol. The number of amides is 1. The number of hydrogen-bond donors (Lipinski definition) is 1. The van der Waals surface area contributed by atoms with E-state index in [0.29, 0.717) is 50.6 Å². The van der Waals surface area contributed by atoms with E-state index < -0.39 is 16.1 Å². The Hall–Kier alpha value is -2.62. The summed E-state index contributed by atoms with van der Waals surface area (Å²) < 4.78 is 39.1. The number of carbonyl (C=O) groups excluding carboxylic acids is 1. The van der Waals surface area contributed by atoms with Crippen LogP contribution < -0.4 is 14.8 Å². The summed E-state index contributed by atoms with van der Waals surface area (Å²) >= 11 is 0. The van der Waals surface area contributed by atoms with Crippen molar-refractivity contribution in [1.82, 2.24) is 14.5 Å². The second-order valence-corrected chi connectivity index (χ2v) is 11.3. The Balaban J connectivity index is 1.20. The van der Waals surface area contributed by atoms with Gasteiger partial charge in [0.1, 0.15) is 19.3 Å². The number of nitrogens with one attached hydrogen (secondary N) is 1. The van der Waals surface area contributed by atoms with E-state index in [1.54, 1.807) is 6.07 Å². The summed E-state index contributed by atoms with van der Waals surface area (Å²) in [6.07, 6.45) is 5.02. The molecule has 1 unspecified atom stereocenters. The van der Waals surface area contributed by atoms with Crippen molar-refractivity contribution in [3.63, 3.8) is 0 Å². The van der Waals surface area contributed by atoms with Gasteiger partial charge in [-0.3, -0.25) is 9.69 Å². The summed E-state index contributed by atoms with van der Waals surface area (Å²) in [4.78, 5) is 15.6. The Morgan fingerprint density at radius 2 is 1.60 bits per heavy atom. The molecule has 0 bridgehead atoms. The van der Waals surface area contributed by atoms with Gasteiger partial charge in [-0.1, -0.05) is 30.7 Å². The lowest BCUT2D eigenvalue weighted by atomic mass is 10.1. The minimum atomic E-state index is -3.84. The smallest absolute Gasteiger partial charge is 0.243 e. The summed E-state index contributed by atoms with van der Waals surface area (Å²) in [6, 6.07) is 12.2. The van der Waals surface area contributed by atoms with E-state index in [1.807, 2.05) is 12.1 Å². The summed E-state index contributed by atoms with van der Waals surface area (Å²) in [5.74, 6) is 0.690. The molecule has 35 heavy (non-hydrogen) atoms. The first-order valence-corrected chi connectivity index (χ1v) is 13.9. The maximum atomic E-state index is 13.4. The molecule has 2 aromatic rings. The molecule has 1 N–H and O–H groups in total. The molecule has 3 heterocycles. The van der Waals surface area contributed by atoms with Gasteiger partial charge in [0.2, 0.25) is 15.9 Å². The van der Waals surface area contributed by atoms with Crippen molar-refractivity contribution in [1.29, 1.82) is 0 Å². The average molecular weight is 500 g/mol. The number of piperidine rings is 1. The molecule has 2 aromatic carbocycles. The van der Waals surface area contributed by atoms with Crippen LogP contribution in [0.2, 0.25) is 0 Å². The molecule has 8 nitrogen and oxygen atoms in total. The van der Waals surface area contributed by atoms with Gasteiger partial charge in [-0.2, -0.15) is 4.31 Å². The van der Waals surface area contributed by atoms with Crippen molar-refractivity contribution in [2.45, 2.75) is 56.1 Å². The highest BCUT2D eigenvalue weighted by Crippen LogP contribution is 2.34. The van der Waals surface area contributed by atoms with E-state index in [-0.39, 0.29) is 10.8 Å². The molecule has 1 atom stereocenters. The normalized spacial score (nSPS) is 21.1. The van der Waals surface area contributed by atoms with Crippen LogP contribution in [-0.2, 0) is 27.9 Å². The molecule has 0 aliphatic carbocycles. The number of rotatable bonds is 7. The number of hydrogen-bond acceptors (Lipinski definition) is 6. The van der Waals surface area contributed by atoms with Crippen molar-refractivity contribution in [2.75, 3.05) is 32.8 Å². The number of fused-ring (bicyclic) bond motifs is 1. The lowest BCUT2D eigenvalue weighted by Gasteiger charge is -2.26. The summed E-state index contributed by atoms with van der Waals surface area (Å²) in [7, 11) is -3.84. The molecule has 3 aliphatic rings. The van der Waals surface area contributed by atoms with E-state index in [4.69, 9.17) is 9.47 Å². The van der Waals surface area contributed by atoms with Gasteiger partial charge in [-0.15, -0.1) is 0 Å². The minimum absolute atomic E-state index is 0.116. The van der Waals surface area contributed by atoms with Gasteiger partial charge in [0.05, 0.1) is 4.90 Å². The molecule has 0 spiro atoms. The second-order valence-electron chi connectivity index (χ2n) is 9.45. The number of likely N-dealkylation sites (tertiary alicyclic amines) is 1. The Kier molecular flexibility index (Phi) is 7.27. The Morgan fingerprint density at radius 3 is 2.37 bits per heavy atom. The predicted octanol–water partition coefficient (Wildman–Crippen LogP) is 2.91. The summed E-state index contributed by atoms with van der Waals surface area (Å²) in [5.41, 5.74) is 2.27. The van der Waals surface area contributed by atoms with Gasteiger partial charge >= 0.3 is 0 Å². The number of sulfonamides is 1. The highest BCUT2D eigenvalue weighted by molar-refractivity contribution is 7.89. The molecular formula is C26H33N3O5S. The molecule has 2 fully saturated rings. The summed E-state index contributed by atoms with van der Waals surface area (Å²) in [6.45, 7) is 4.79. The zero-order valence-electron chi connectivity index (χ0n) is 19.9. The first-order chi connectivity index (χ1) is 17.0. The maximum absolute atomic E-state index is 13.4. The number of ether oxygens (including phenoxy) is 2. The van der Waals surface area contributed by atoms with Gasteiger partial charge in [0, 0.05) is 25.7 Å². The van der Waals surface area contributed by atoms with Crippen LogP contribution in [0.25, 0.3) is 0 Å². The van der Waals surface area contributed by atoms with Crippen LogP contribution in [0.4, 0.5) is 0 Å². The second kappa shape index (κ2) is 10.6. The van der Waals surface area contributed by atoms with Gasteiger partial charge < -0.3 is 14.8 Å². The molecule has 1 amide bonds. The first kappa shape index (κ1) is 24.1. The Labute approximate surface area is 207 Å². The van der Waals surface area contributed by atoms with Crippen LogP contribution >= 0.6 is 0 Å². The van der Waals surface area contributed by atoms with E-state index >= 15 is 0 Å². The fourth-order valence-corrected chi connectivity index (χ4v) is 6.73. The third-order valence-electron chi connectivity index (χ3n) is 6.97. The fourth-order valence-electron chi connectivity index (χ4n) is 5.05. The molecule has 188 valence electrons. The monoisotopic (exact) mass is 499 g/mol. The number of benzene rings is 2. The molecule has 3 aliphatic heterocycles. The lowest BCUT2D eigenvalue weighted by Crippen LogP contribution is -2.45. The standard InChI is InChI=1S/C26H33N3O5S/c30-26(27-18-20-6-8-21(9-7-20)19-28-12-2-1-3-13-28)23-5-4-14-29(23)35(31,32)22-10-11-24-25(17-22)34-16-15-33-24/h6-11,17,23H,1-5,12-16,18-19H2,(H,27,30). The molecule has 0 aromatic heterocycles. The highest BCUT2D eigenvalue weighted by atomic mass is 32.2. The minimum Gasteiger partial charge on any atom is -0.486 e. The quantitative estimate of drug-likeness (QED) is 0.630. The van der Waals surface area contributed by atoms with E-state index in [1.165, 1.54) is 41.3 Å². The van der Waals surface area contributed by atoms with Crippen molar-refractivity contribution in [3.05, 3.63) is 53.6 Å². The van der Waals surface area contributed by atoms with E-state index in [9.17, 15) is 13.2 Å². The Bertz CT molecular complexity index is 1150. The number of carbonyl (C=O) groups is 1. The summed E-state index contributed by atoms with van der Waals surface area (Å²) in [5, 5.41) is 2.95. The van der Waals surface area contributed by atoms with E-state index in [2.05, 4.69) is 22.3 Å². The Morgan fingerprint density at radius 1 is 0.886 bits per heavy atom. The highest BCUT2D eigenvalue weighted by Gasteiger charge is 2.39. The topological polar surface area (TPSA) is 88.2 Å². The van der Waals surface area contributed by atoms with Crippen LogP contribution in [0.15, 0.2) is 47.4 Å². The van der Waals surface area contributed by atoms with Gasteiger partial charge in [0.15, 0.2) is 11.5 Å². The first-order valence-electron chi connectivity index (χ1n) is 12.5. The maximum Gasteiger partial charge on any atom is 0.243 e. The van der Waals surface area contributed by atoms with Gasteiger partial charge in [0.25, 0.3) is 0 Å². The third-order valence-corrected chi connectivity index (χ3v) is 8.88. The predicted molar refractivity (Wildman–Crippen MR) is 132 cm³/mol. The molecule has 0 radical (unpaired) electrons. The molecule has 9 heteroatoms. The van der Waals surface area contributed by atoms with Gasteiger partial charge in [-0.05, 0) is 62.0 Å². The number of nitrogens with zero attached hydrogens (tertiary/aromatic N) is 2. The third kappa shape index (κ3) is 5.47. The lowest BCUT2D eigenvalue weighted by molar-refractivity contribution is -0.124. The van der Waals surface area contributed by atoms with Crippen molar-refractivity contribution >= 4 is 15.9 Å². The van der Waals surface area contributed by atoms with Crippen LogP contribution in [0.1, 0.15) is 43.2 Å². The average Bonchev–Trinajstić information content (AvgIpc) is 3.40. The molecule has 5 rings (SSSR count). The van der Waals surface area contributed by atoms with Gasteiger partial charge in [-0.25, -0.2) is 8.42 Å². The zero-order chi connectivity index (χ0) is 24.3. The van der Waals surface area contributed by atoms with Crippen molar-refractivity contribution < 1.29 is 22.7 Å². The van der Waals surface area contributed by atoms with Crippen LogP contribution in [0.3, 0.4) is 0 Å². The largest absolute Gasteiger partial charge is 0.486 e. The van der Waals surface area contributed by atoms with Crippen molar-refractivity contribution in [2.24, 2.45) is 0 Å². The van der Waals surface area contributed by atoms with Crippen molar-refractivity contribution in [3.8, 4) is 11.5 Å². The van der Waals surface area contributed by atoms with Crippen LogP contribution in [0.5, 0.6) is 11.5 Å².